The first-order chi connectivity index (χ1) is 13.2. The SMILES string of the molecule is Cc1ccc(CN(CC(C)C)C2CCNCC2)c(C)c1.O=C(O)C=CC(=O)O. The summed E-state index contributed by atoms with van der Waals surface area (Å²) < 4.78 is 0. The maximum atomic E-state index is 9.55. The first kappa shape index (κ1) is 23.9. The van der Waals surface area contributed by atoms with E-state index in [4.69, 9.17) is 10.2 Å². The van der Waals surface area contributed by atoms with Crippen molar-refractivity contribution >= 4 is 11.9 Å². The van der Waals surface area contributed by atoms with Gasteiger partial charge in [0.25, 0.3) is 0 Å². The van der Waals surface area contributed by atoms with Crippen LogP contribution in [0, 0.1) is 19.8 Å². The highest BCUT2D eigenvalue weighted by Crippen LogP contribution is 2.20. The number of benzene rings is 1. The van der Waals surface area contributed by atoms with Crippen LogP contribution < -0.4 is 5.32 Å². The quantitative estimate of drug-likeness (QED) is 0.620. The Labute approximate surface area is 168 Å². The average molecular weight is 391 g/mol. The molecule has 3 N–H and O–H groups in total. The van der Waals surface area contributed by atoms with Crippen molar-refractivity contribution in [2.75, 3.05) is 19.6 Å². The standard InChI is InChI=1S/C18H30N2.C4H4O4/c1-14(2)12-20(18-7-9-19-10-8-18)13-17-6-5-15(3)11-16(17)4;5-3(6)1-2-4(7)8/h5-6,11,14,18-19H,7-10,12-13H2,1-4H3;1-2H,(H,5,6)(H,7,8). The van der Waals surface area contributed by atoms with Crippen LogP contribution in [0.4, 0.5) is 0 Å². The van der Waals surface area contributed by atoms with Crippen molar-refractivity contribution in [3.8, 4) is 0 Å². The molecule has 1 aromatic carbocycles. The van der Waals surface area contributed by atoms with Crippen LogP contribution in [0.25, 0.3) is 0 Å². The number of nitrogens with one attached hydrogen (secondary N) is 1. The molecule has 0 atom stereocenters. The second-order valence-electron chi connectivity index (χ2n) is 7.74. The molecule has 1 heterocycles. The number of carbonyl (C=O) groups is 2. The zero-order chi connectivity index (χ0) is 21.1. The number of aryl methyl sites for hydroxylation is 2. The minimum Gasteiger partial charge on any atom is -0.478 e. The highest BCUT2D eigenvalue weighted by molar-refractivity contribution is 5.89. The smallest absolute Gasteiger partial charge is 0.328 e. The molecule has 1 aliphatic rings. The summed E-state index contributed by atoms with van der Waals surface area (Å²) in [6.45, 7) is 13.7. The topological polar surface area (TPSA) is 89.9 Å². The van der Waals surface area contributed by atoms with Crippen molar-refractivity contribution < 1.29 is 19.8 Å². The van der Waals surface area contributed by atoms with Crippen LogP contribution >= 0.6 is 0 Å². The van der Waals surface area contributed by atoms with Crippen LogP contribution in [-0.2, 0) is 16.1 Å². The summed E-state index contributed by atoms with van der Waals surface area (Å²) in [5, 5.41) is 19.1. The molecule has 0 aliphatic carbocycles. The van der Waals surface area contributed by atoms with Crippen molar-refractivity contribution in [3.05, 3.63) is 47.0 Å². The fraction of sp³-hybridized carbons (Fsp3) is 0.545. The number of nitrogens with zero attached hydrogens (tertiary/aromatic N) is 1. The van der Waals surface area contributed by atoms with Crippen LogP contribution in [0.3, 0.4) is 0 Å². The molecular weight excluding hydrogens is 356 g/mol. The van der Waals surface area contributed by atoms with Crippen molar-refractivity contribution in [1.29, 1.82) is 0 Å². The van der Waals surface area contributed by atoms with E-state index in [1.165, 1.54) is 49.2 Å². The van der Waals surface area contributed by atoms with E-state index in [9.17, 15) is 9.59 Å². The highest BCUT2D eigenvalue weighted by atomic mass is 16.4. The third kappa shape index (κ3) is 9.67. The average Bonchev–Trinajstić information content (AvgIpc) is 2.62. The largest absolute Gasteiger partial charge is 0.478 e. The van der Waals surface area contributed by atoms with Crippen LogP contribution in [0.15, 0.2) is 30.4 Å². The molecule has 0 spiro atoms. The van der Waals surface area contributed by atoms with E-state index in [2.05, 4.69) is 56.1 Å². The first-order valence-electron chi connectivity index (χ1n) is 9.83. The lowest BCUT2D eigenvalue weighted by atomic mass is 10.00. The van der Waals surface area contributed by atoms with Gasteiger partial charge in [-0.2, -0.15) is 0 Å². The summed E-state index contributed by atoms with van der Waals surface area (Å²) in [5.41, 5.74) is 4.30. The maximum absolute atomic E-state index is 9.55. The lowest BCUT2D eigenvalue weighted by molar-refractivity contribution is -0.134. The van der Waals surface area contributed by atoms with Gasteiger partial charge in [-0.25, -0.2) is 9.59 Å². The Morgan fingerprint density at radius 1 is 1.14 bits per heavy atom. The number of rotatable bonds is 7. The molecule has 1 fully saturated rings. The Bertz CT molecular complexity index is 649. The van der Waals surface area contributed by atoms with E-state index in [0.717, 1.165) is 18.5 Å². The molecule has 0 unspecified atom stereocenters. The van der Waals surface area contributed by atoms with E-state index < -0.39 is 11.9 Å². The third-order valence-electron chi connectivity index (χ3n) is 4.66. The molecule has 28 heavy (non-hydrogen) atoms. The number of aliphatic carboxylic acids is 2. The molecule has 6 nitrogen and oxygen atoms in total. The molecular formula is C22H34N2O4. The number of piperidine rings is 1. The van der Waals surface area contributed by atoms with Crippen LogP contribution in [0.5, 0.6) is 0 Å². The fourth-order valence-electron chi connectivity index (χ4n) is 3.37. The lowest BCUT2D eigenvalue weighted by Gasteiger charge is -2.36. The van der Waals surface area contributed by atoms with E-state index in [-0.39, 0.29) is 0 Å². The van der Waals surface area contributed by atoms with Gasteiger partial charge in [0.05, 0.1) is 0 Å². The van der Waals surface area contributed by atoms with Gasteiger partial charge in [-0.1, -0.05) is 37.6 Å². The first-order valence-corrected chi connectivity index (χ1v) is 9.83. The minimum atomic E-state index is -1.26. The number of carboxylic acids is 2. The van der Waals surface area contributed by atoms with Gasteiger partial charge >= 0.3 is 11.9 Å². The molecule has 0 bridgehead atoms. The minimum absolute atomic E-state index is 0.558. The highest BCUT2D eigenvalue weighted by Gasteiger charge is 2.22. The monoisotopic (exact) mass is 390 g/mol. The van der Waals surface area contributed by atoms with Gasteiger partial charge in [-0.15, -0.1) is 0 Å². The Balaban J connectivity index is 0.000000416. The van der Waals surface area contributed by atoms with E-state index in [1.807, 2.05) is 0 Å². The van der Waals surface area contributed by atoms with Crippen molar-refractivity contribution in [3.63, 3.8) is 0 Å². The second kappa shape index (κ2) is 12.3. The summed E-state index contributed by atoms with van der Waals surface area (Å²) in [7, 11) is 0. The molecule has 0 amide bonds. The Morgan fingerprint density at radius 2 is 1.71 bits per heavy atom. The fourth-order valence-corrected chi connectivity index (χ4v) is 3.37. The van der Waals surface area contributed by atoms with Gasteiger partial charge in [0.1, 0.15) is 0 Å². The van der Waals surface area contributed by atoms with Crippen molar-refractivity contribution in [2.45, 2.75) is 53.1 Å². The summed E-state index contributed by atoms with van der Waals surface area (Å²) in [4.78, 5) is 21.8. The molecule has 0 saturated carbocycles. The Morgan fingerprint density at radius 3 is 2.18 bits per heavy atom. The van der Waals surface area contributed by atoms with Crippen molar-refractivity contribution in [1.82, 2.24) is 10.2 Å². The van der Waals surface area contributed by atoms with E-state index >= 15 is 0 Å². The van der Waals surface area contributed by atoms with Gasteiger partial charge in [-0.05, 0) is 56.8 Å². The van der Waals surface area contributed by atoms with Gasteiger partial charge in [-0.3, -0.25) is 4.90 Å². The van der Waals surface area contributed by atoms with Gasteiger partial charge in [0.15, 0.2) is 0 Å². The van der Waals surface area contributed by atoms with Crippen LogP contribution in [0.1, 0.15) is 43.4 Å². The predicted molar refractivity (Wildman–Crippen MR) is 111 cm³/mol. The van der Waals surface area contributed by atoms with Gasteiger partial charge in [0, 0.05) is 31.3 Å². The van der Waals surface area contributed by atoms with Gasteiger partial charge in [0.2, 0.25) is 0 Å². The second-order valence-corrected chi connectivity index (χ2v) is 7.74. The normalized spacial score (nSPS) is 14.9. The molecule has 1 aromatic rings. The Hall–Kier alpha value is -2.18. The maximum Gasteiger partial charge on any atom is 0.328 e. The molecule has 1 aliphatic heterocycles. The molecule has 6 heteroatoms. The molecule has 0 aromatic heterocycles. The zero-order valence-electron chi connectivity index (χ0n) is 17.4. The lowest BCUT2D eigenvalue weighted by Crippen LogP contribution is -2.44. The van der Waals surface area contributed by atoms with E-state index in [0.29, 0.717) is 12.2 Å². The Kier molecular flexibility index (Phi) is 10.5. The summed E-state index contributed by atoms with van der Waals surface area (Å²) in [6, 6.07) is 7.63. The van der Waals surface area contributed by atoms with E-state index in [1.54, 1.807) is 0 Å². The predicted octanol–water partition coefficient (Wildman–Crippen LogP) is 3.23. The van der Waals surface area contributed by atoms with Gasteiger partial charge < -0.3 is 15.5 Å². The summed E-state index contributed by atoms with van der Waals surface area (Å²) in [5.74, 6) is -1.78. The number of hydrogen-bond acceptors (Lipinski definition) is 4. The molecule has 1 saturated heterocycles. The molecule has 2 rings (SSSR count). The zero-order valence-corrected chi connectivity index (χ0v) is 17.4. The molecule has 156 valence electrons. The van der Waals surface area contributed by atoms with Crippen LogP contribution in [0.2, 0.25) is 0 Å². The van der Waals surface area contributed by atoms with Crippen LogP contribution in [-0.4, -0.2) is 52.7 Å². The van der Waals surface area contributed by atoms with Crippen molar-refractivity contribution in [2.24, 2.45) is 5.92 Å². The number of carboxylic acid groups (broad SMARTS) is 2. The number of hydrogen-bond donors (Lipinski definition) is 3. The summed E-state index contributed by atoms with van der Waals surface area (Å²) >= 11 is 0. The summed E-state index contributed by atoms with van der Waals surface area (Å²) in [6.07, 6.45) is 3.69. The molecule has 0 radical (unpaired) electrons. The third-order valence-corrected chi connectivity index (χ3v) is 4.66.